The quantitative estimate of drug-likeness (QED) is 0.538. The third kappa shape index (κ3) is 3.22. The van der Waals surface area contributed by atoms with Crippen molar-refractivity contribution in [2.45, 2.75) is 32.3 Å². The van der Waals surface area contributed by atoms with E-state index in [0.29, 0.717) is 0 Å². The molecule has 3 heteroatoms. The Morgan fingerprint density at radius 3 is 3.09 bits per heavy atom. The van der Waals surface area contributed by atoms with E-state index in [2.05, 4.69) is 22.6 Å². The Bertz CT molecular complexity index is 187. The molecule has 62 valence electrons. The summed E-state index contributed by atoms with van der Waals surface area (Å²) >= 11 is 2.29. The highest BCUT2D eigenvalue weighted by atomic mass is 127. The predicted molar refractivity (Wildman–Crippen MR) is 51.5 cm³/mol. The van der Waals surface area contributed by atoms with Crippen molar-refractivity contribution in [2.24, 2.45) is 0 Å². The smallest absolute Gasteiger partial charge is 0.303 e. The number of ether oxygens (including phenoxy) is 1. The zero-order valence-corrected chi connectivity index (χ0v) is 8.63. The van der Waals surface area contributed by atoms with Gasteiger partial charge in [-0.1, -0.05) is 0 Å². The molecule has 1 rings (SSSR count). The van der Waals surface area contributed by atoms with Gasteiger partial charge in [0.05, 0.1) is 0 Å². The van der Waals surface area contributed by atoms with Crippen molar-refractivity contribution in [1.29, 1.82) is 0 Å². The zero-order valence-electron chi connectivity index (χ0n) is 6.47. The SMILES string of the molecule is CC(=O)O[C@H]1C=C(I)CCC1. The molecule has 0 amide bonds. The summed E-state index contributed by atoms with van der Waals surface area (Å²) in [7, 11) is 0. The molecule has 0 heterocycles. The summed E-state index contributed by atoms with van der Waals surface area (Å²) in [4.78, 5) is 10.6. The summed E-state index contributed by atoms with van der Waals surface area (Å²) in [5.41, 5.74) is 0. The van der Waals surface area contributed by atoms with Crippen LogP contribution in [0.2, 0.25) is 0 Å². The van der Waals surface area contributed by atoms with Crippen molar-refractivity contribution in [3.8, 4) is 0 Å². The van der Waals surface area contributed by atoms with Gasteiger partial charge in [-0.3, -0.25) is 4.79 Å². The fourth-order valence-corrected chi connectivity index (χ4v) is 1.93. The molecular weight excluding hydrogens is 255 g/mol. The first kappa shape index (κ1) is 9.03. The van der Waals surface area contributed by atoms with E-state index in [0.717, 1.165) is 19.3 Å². The van der Waals surface area contributed by atoms with Crippen LogP contribution in [0.3, 0.4) is 0 Å². The van der Waals surface area contributed by atoms with Gasteiger partial charge < -0.3 is 4.74 Å². The number of esters is 1. The van der Waals surface area contributed by atoms with Crippen molar-refractivity contribution in [3.63, 3.8) is 0 Å². The van der Waals surface area contributed by atoms with Gasteiger partial charge in [-0.05, 0) is 51.5 Å². The average Bonchev–Trinajstić information content (AvgIpc) is 1.85. The van der Waals surface area contributed by atoms with Crippen LogP contribution < -0.4 is 0 Å². The molecular formula is C8H11IO2. The minimum Gasteiger partial charge on any atom is -0.458 e. The lowest BCUT2D eigenvalue weighted by Crippen LogP contribution is -2.16. The summed E-state index contributed by atoms with van der Waals surface area (Å²) in [5, 5.41) is 0. The molecule has 1 atom stereocenters. The van der Waals surface area contributed by atoms with Crippen molar-refractivity contribution >= 4 is 28.6 Å². The third-order valence-corrected chi connectivity index (χ3v) is 2.49. The zero-order chi connectivity index (χ0) is 8.27. The number of carbonyl (C=O) groups excluding carboxylic acids is 1. The topological polar surface area (TPSA) is 26.3 Å². The van der Waals surface area contributed by atoms with Crippen LogP contribution in [0.1, 0.15) is 26.2 Å². The molecule has 1 aliphatic carbocycles. The molecule has 0 aromatic carbocycles. The van der Waals surface area contributed by atoms with Crippen LogP contribution in [0, 0.1) is 0 Å². The molecule has 0 saturated heterocycles. The number of rotatable bonds is 1. The normalized spacial score (nSPS) is 24.2. The maximum atomic E-state index is 10.6. The van der Waals surface area contributed by atoms with Gasteiger partial charge in [0.2, 0.25) is 0 Å². The van der Waals surface area contributed by atoms with Gasteiger partial charge in [0.1, 0.15) is 6.10 Å². The first-order valence-electron chi connectivity index (χ1n) is 3.72. The monoisotopic (exact) mass is 266 g/mol. The molecule has 0 unspecified atom stereocenters. The predicted octanol–water partition coefficient (Wildman–Crippen LogP) is 2.42. The molecule has 0 aliphatic heterocycles. The highest BCUT2D eigenvalue weighted by molar-refractivity contribution is 14.1. The molecule has 0 fully saturated rings. The van der Waals surface area contributed by atoms with Gasteiger partial charge in [-0.15, -0.1) is 0 Å². The van der Waals surface area contributed by atoms with Crippen LogP contribution in [0.5, 0.6) is 0 Å². The molecule has 0 radical (unpaired) electrons. The van der Waals surface area contributed by atoms with E-state index in [1.807, 2.05) is 6.08 Å². The molecule has 1 aliphatic rings. The summed E-state index contributed by atoms with van der Waals surface area (Å²) in [5.74, 6) is -0.183. The molecule has 0 aromatic rings. The largest absolute Gasteiger partial charge is 0.458 e. The Morgan fingerprint density at radius 1 is 1.82 bits per heavy atom. The maximum Gasteiger partial charge on any atom is 0.303 e. The van der Waals surface area contributed by atoms with E-state index in [9.17, 15) is 4.79 Å². The van der Waals surface area contributed by atoms with Gasteiger partial charge in [-0.2, -0.15) is 0 Å². The molecule has 0 N–H and O–H groups in total. The van der Waals surface area contributed by atoms with Crippen molar-refractivity contribution in [1.82, 2.24) is 0 Å². The van der Waals surface area contributed by atoms with Gasteiger partial charge >= 0.3 is 5.97 Å². The Kier molecular flexibility index (Phi) is 3.36. The molecule has 0 saturated carbocycles. The molecule has 11 heavy (non-hydrogen) atoms. The summed E-state index contributed by atoms with van der Waals surface area (Å²) < 4.78 is 6.35. The van der Waals surface area contributed by atoms with Crippen LogP contribution in [0.4, 0.5) is 0 Å². The number of allylic oxidation sites excluding steroid dienone is 1. The van der Waals surface area contributed by atoms with Crippen LogP contribution in [0.25, 0.3) is 0 Å². The number of hydrogen-bond donors (Lipinski definition) is 0. The summed E-state index contributed by atoms with van der Waals surface area (Å²) in [6.45, 7) is 1.45. The highest BCUT2D eigenvalue weighted by Gasteiger charge is 2.13. The lowest BCUT2D eigenvalue weighted by molar-refractivity contribution is -0.144. The van der Waals surface area contributed by atoms with Crippen molar-refractivity contribution in [2.75, 3.05) is 0 Å². The van der Waals surface area contributed by atoms with Crippen molar-refractivity contribution < 1.29 is 9.53 Å². The lowest BCUT2D eigenvalue weighted by atomic mass is 10.1. The van der Waals surface area contributed by atoms with Crippen LogP contribution >= 0.6 is 22.6 Å². The minimum absolute atomic E-state index is 0.0353. The Morgan fingerprint density at radius 2 is 2.55 bits per heavy atom. The minimum atomic E-state index is -0.183. The fourth-order valence-electron chi connectivity index (χ4n) is 1.15. The molecule has 0 bridgehead atoms. The highest BCUT2D eigenvalue weighted by Crippen LogP contribution is 2.24. The second-order valence-electron chi connectivity index (χ2n) is 2.65. The van der Waals surface area contributed by atoms with E-state index in [4.69, 9.17) is 4.74 Å². The first-order chi connectivity index (χ1) is 5.18. The van der Waals surface area contributed by atoms with E-state index >= 15 is 0 Å². The lowest BCUT2D eigenvalue weighted by Gasteiger charge is -2.17. The van der Waals surface area contributed by atoms with Gasteiger partial charge in [0, 0.05) is 6.92 Å². The molecule has 2 nitrogen and oxygen atoms in total. The standard InChI is InChI=1S/C8H11IO2/c1-6(10)11-8-4-2-3-7(9)5-8/h5,8H,2-4H2,1H3/t8-/m1/s1. The van der Waals surface area contributed by atoms with E-state index in [1.54, 1.807) is 0 Å². The van der Waals surface area contributed by atoms with E-state index in [-0.39, 0.29) is 12.1 Å². The second-order valence-corrected chi connectivity index (χ2v) is 4.04. The first-order valence-corrected chi connectivity index (χ1v) is 4.80. The Hall–Kier alpha value is -0.0600. The third-order valence-electron chi connectivity index (χ3n) is 1.59. The Labute approximate surface area is 80.1 Å². The van der Waals surface area contributed by atoms with E-state index < -0.39 is 0 Å². The molecule has 0 aromatic heterocycles. The number of carbonyl (C=O) groups is 1. The van der Waals surface area contributed by atoms with Gasteiger partial charge in [-0.25, -0.2) is 0 Å². The van der Waals surface area contributed by atoms with Crippen LogP contribution in [-0.2, 0) is 9.53 Å². The van der Waals surface area contributed by atoms with Gasteiger partial charge in [0.15, 0.2) is 0 Å². The fraction of sp³-hybridized carbons (Fsp3) is 0.625. The van der Waals surface area contributed by atoms with Crippen LogP contribution in [-0.4, -0.2) is 12.1 Å². The number of halogens is 1. The summed E-state index contributed by atoms with van der Waals surface area (Å²) in [6, 6.07) is 0. The van der Waals surface area contributed by atoms with E-state index in [1.165, 1.54) is 10.5 Å². The van der Waals surface area contributed by atoms with Gasteiger partial charge in [0.25, 0.3) is 0 Å². The van der Waals surface area contributed by atoms with Crippen LogP contribution in [0.15, 0.2) is 9.66 Å². The second kappa shape index (κ2) is 4.09. The Balaban J connectivity index is 2.46. The number of hydrogen-bond acceptors (Lipinski definition) is 2. The molecule has 0 spiro atoms. The summed E-state index contributed by atoms with van der Waals surface area (Å²) in [6.07, 6.45) is 5.32. The maximum absolute atomic E-state index is 10.6. The average molecular weight is 266 g/mol. The van der Waals surface area contributed by atoms with Crippen molar-refractivity contribution in [3.05, 3.63) is 9.66 Å².